The number of nitrogens with zero attached hydrogens (tertiary/aromatic N) is 1. The first-order valence-electron chi connectivity index (χ1n) is 7.11. The number of benzene rings is 1. The molecule has 116 valence electrons. The fourth-order valence-electron chi connectivity index (χ4n) is 2.28. The number of nitrogens with one attached hydrogen (secondary N) is 1. The molecule has 0 fully saturated rings. The van der Waals surface area contributed by atoms with Gasteiger partial charge in [-0.3, -0.25) is 14.9 Å². The van der Waals surface area contributed by atoms with Crippen LogP contribution in [0.3, 0.4) is 0 Å². The van der Waals surface area contributed by atoms with Crippen LogP contribution in [0.2, 0.25) is 0 Å². The zero-order chi connectivity index (χ0) is 15.9. The van der Waals surface area contributed by atoms with E-state index in [0.29, 0.717) is 18.5 Å². The van der Waals surface area contributed by atoms with Crippen LogP contribution in [0, 0.1) is 15.5 Å². The van der Waals surface area contributed by atoms with Crippen molar-refractivity contribution in [1.29, 1.82) is 0 Å². The van der Waals surface area contributed by atoms with Gasteiger partial charge in [0.1, 0.15) is 0 Å². The molecule has 0 aliphatic rings. The summed E-state index contributed by atoms with van der Waals surface area (Å²) in [7, 11) is 0. The molecule has 0 atom stereocenters. The third-order valence-corrected chi connectivity index (χ3v) is 4.11. The molecule has 1 amide bonds. The van der Waals surface area contributed by atoms with Gasteiger partial charge in [-0.1, -0.05) is 13.8 Å². The molecule has 21 heavy (non-hydrogen) atoms. The number of amides is 1. The van der Waals surface area contributed by atoms with Gasteiger partial charge in [0.15, 0.2) is 0 Å². The van der Waals surface area contributed by atoms with E-state index >= 15 is 0 Å². The van der Waals surface area contributed by atoms with Gasteiger partial charge in [0.05, 0.1) is 4.92 Å². The number of aliphatic hydroxyl groups is 1. The van der Waals surface area contributed by atoms with Crippen LogP contribution in [-0.2, 0) is 0 Å². The molecule has 0 spiro atoms. The average molecular weight is 294 g/mol. The molecule has 1 rings (SSSR count). The van der Waals surface area contributed by atoms with Crippen molar-refractivity contribution in [3.8, 4) is 0 Å². The maximum Gasteiger partial charge on any atom is 0.269 e. The van der Waals surface area contributed by atoms with E-state index in [1.165, 1.54) is 24.3 Å². The lowest BCUT2D eigenvalue weighted by Crippen LogP contribution is -2.37. The molecular formula is C15H22N2O4. The van der Waals surface area contributed by atoms with Gasteiger partial charge in [-0.05, 0) is 36.8 Å². The lowest BCUT2D eigenvalue weighted by molar-refractivity contribution is -0.384. The largest absolute Gasteiger partial charge is 0.396 e. The molecule has 0 saturated heterocycles. The van der Waals surface area contributed by atoms with Crippen LogP contribution in [0.25, 0.3) is 0 Å². The van der Waals surface area contributed by atoms with Gasteiger partial charge < -0.3 is 10.4 Å². The molecule has 6 heteroatoms. The summed E-state index contributed by atoms with van der Waals surface area (Å²) in [6, 6.07) is 5.52. The Hall–Kier alpha value is -1.95. The van der Waals surface area contributed by atoms with Crippen molar-refractivity contribution in [2.75, 3.05) is 13.2 Å². The highest BCUT2D eigenvalue weighted by Gasteiger charge is 2.26. The number of carbonyl (C=O) groups excluding carboxylic acids is 1. The van der Waals surface area contributed by atoms with Gasteiger partial charge in [0, 0.05) is 30.8 Å². The first kappa shape index (κ1) is 17.1. The maximum absolute atomic E-state index is 12.1. The van der Waals surface area contributed by atoms with Gasteiger partial charge in [-0.15, -0.1) is 0 Å². The summed E-state index contributed by atoms with van der Waals surface area (Å²) in [6.45, 7) is 4.65. The fraction of sp³-hybridized carbons (Fsp3) is 0.533. The summed E-state index contributed by atoms with van der Waals surface area (Å²) in [4.78, 5) is 22.1. The Morgan fingerprint density at radius 2 is 1.86 bits per heavy atom. The second-order valence-electron chi connectivity index (χ2n) is 5.17. The quantitative estimate of drug-likeness (QED) is 0.569. The highest BCUT2D eigenvalue weighted by molar-refractivity contribution is 5.94. The molecule has 0 heterocycles. The molecular weight excluding hydrogens is 272 g/mol. The van der Waals surface area contributed by atoms with Crippen molar-refractivity contribution in [3.05, 3.63) is 39.9 Å². The summed E-state index contributed by atoms with van der Waals surface area (Å²) < 4.78 is 0. The number of aliphatic hydroxyl groups excluding tert-OH is 1. The molecule has 0 aromatic heterocycles. The van der Waals surface area contributed by atoms with E-state index in [9.17, 15) is 14.9 Å². The number of hydrogen-bond donors (Lipinski definition) is 2. The first-order valence-corrected chi connectivity index (χ1v) is 7.11. The number of non-ortho nitro benzene ring substituents is 1. The normalized spacial score (nSPS) is 11.2. The standard InChI is InChI=1S/C15H22N2O4/c1-3-15(4-2,9-10-18)11-16-14(19)12-5-7-13(8-6-12)17(20)21/h5-8,18H,3-4,9-11H2,1-2H3,(H,16,19). The Labute approximate surface area is 124 Å². The molecule has 0 aliphatic heterocycles. The van der Waals surface area contributed by atoms with Gasteiger partial charge in [0.2, 0.25) is 0 Å². The Balaban J connectivity index is 2.70. The highest BCUT2D eigenvalue weighted by Crippen LogP contribution is 2.29. The number of rotatable bonds is 8. The van der Waals surface area contributed by atoms with Crippen molar-refractivity contribution >= 4 is 11.6 Å². The number of nitro groups is 1. The van der Waals surface area contributed by atoms with Crippen LogP contribution in [0.15, 0.2) is 24.3 Å². The molecule has 2 N–H and O–H groups in total. The smallest absolute Gasteiger partial charge is 0.269 e. The minimum Gasteiger partial charge on any atom is -0.396 e. The predicted molar refractivity (Wildman–Crippen MR) is 80.1 cm³/mol. The van der Waals surface area contributed by atoms with Crippen LogP contribution >= 0.6 is 0 Å². The van der Waals surface area contributed by atoms with E-state index < -0.39 is 4.92 Å². The predicted octanol–water partition coefficient (Wildman–Crippen LogP) is 2.51. The SMILES string of the molecule is CCC(CC)(CCO)CNC(=O)c1ccc([N+](=O)[O-])cc1. The van der Waals surface area contributed by atoms with Crippen molar-refractivity contribution in [2.24, 2.45) is 5.41 Å². The van der Waals surface area contributed by atoms with E-state index in [2.05, 4.69) is 5.32 Å². The Morgan fingerprint density at radius 1 is 1.29 bits per heavy atom. The molecule has 0 radical (unpaired) electrons. The van der Waals surface area contributed by atoms with Crippen molar-refractivity contribution < 1.29 is 14.8 Å². The maximum atomic E-state index is 12.1. The second-order valence-corrected chi connectivity index (χ2v) is 5.17. The molecule has 1 aromatic carbocycles. The van der Waals surface area contributed by atoms with Gasteiger partial charge in [-0.2, -0.15) is 0 Å². The van der Waals surface area contributed by atoms with Crippen LogP contribution < -0.4 is 5.32 Å². The monoisotopic (exact) mass is 294 g/mol. The Bertz CT molecular complexity index is 481. The van der Waals surface area contributed by atoms with Crippen LogP contribution in [0.5, 0.6) is 0 Å². The minimum absolute atomic E-state index is 0.0386. The number of carbonyl (C=O) groups is 1. The summed E-state index contributed by atoms with van der Waals surface area (Å²) in [5.41, 5.74) is 0.250. The molecule has 0 saturated carbocycles. The topological polar surface area (TPSA) is 92.5 Å². The summed E-state index contributed by atoms with van der Waals surface area (Å²) >= 11 is 0. The molecule has 0 unspecified atom stereocenters. The third-order valence-electron chi connectivity index (χ3n) is 4.11. The average Bonchev–Trinajstić information content (AvgIpc) is 2.51. The number of hydrogen-bond acceptors (Lipinski definition) is 4. The van der Waals surface area contributed by atoms with Gasteiger partial charge >= 0.3 is 0 Å². The fourth-order valence-corrected chi connectivity index (χ4v) is 2.28. The third kappa shape index (κ3) is 4.53. The van der Waals surface area contributed by atoms with Gasteiger partial charge in [-0.25, -0.2) is 0 Å². The van der Waals surface area contributed by atoms with Crippen molar-refractivity contribution in [3.63, 3.8) is 0 Å². The summed E-state index contributed by atoms with van der Waals surface area (Å²) in [6.07, 6.45) is 2.37. The molecule has 0 aliphatic carbocycles. The zero-order valence-electron chi connectivity index (χ0n) is 12.5. The molecule has 0 bridgehead atoms. The number of nitro benzene ring substituents is 1. The summed E-state index contributed by atoms with van der Waals surface area (Å²) in [5, 5.41) is 22.6. The van der Waals surface area contributed by atoms with Crippen molar-refractivity contribution in [2.45, 2.75) is 33.1 Å². The van der Waals surface area contributed by atoms with E-state index in [-0.39, 0.29) is 23.6 Å². The Morgan fingerprint density at radius 3 is 2.29 bits per heavy atom. The Kier molecular flexibility index (Phi) is 6.30. The molecule has 6 nitrogen and oxygen atoms in total. The van der Waals surface area contributed by atoms with Crippen LogP contribution in [-0.4, -0.2) is 29.1 Å². The van der Waals surface area contributed by atoms with Crippen LogP contribution in [0.1, 0.15) is 43.5 Å². The lowest BCUT2D eigenvalue weighted by Gasteiger charge is -2.31. The first-order chi connectivity index (χ1) is 9.98. The van der Waals surface area contributed by atoms with Crippen molar-refractivity contribution in [1.82, 2.24) is 5.32 Å². The molecule has 1 aromatic rings. The second kappa shape index (κ2) is 7.73. The summed E-state index contributed by atoms with van der Waals surface area (Å²) in [5.74, 6) is -0.255. The van der Waals surface area contributed by atoms with E-state index in [1.807, 2.05) is 13.8 Å². The van der Waals surface area contributed by atoms with E-state index in [0.717, 1.165) is 12.8 Å². The van der Waals surface area contributed by atoms with E-state index in [4.69, 9.17) is 5.11 Å². The highest BCUT2D eigenvalue weighted by atomic mass is 16.6. The van der Waals surface area contributed by atoms with Crippen LogP contribution in [0.4, 0.5) is 5.69 Å². The zero-order valence-corrected chi connectivity index (χ0v) is 12.5. The minimum atomic E-state index is -0.498. The lowest BCUT2D eigenvalue weighted by atomic mass is 9.79. The van der Waals surface area contributed by atoms with E-state index in [1.54, 1.807) is 0 Å². The van der Waals surface area contributed by atoms with Gasteiger partial charge in [0.25, 0.3) is 11.6 Å².